The Bertz CT molecular complexity index is 670. The summed E-state index contributed by atoms with van der Waals surface area (Å²) in [5.41, 5.74) is 3.32. The zero-order chi connectivity index (χ0) is 13.8. The van der Waals surface area contributed by atoms with E-state index in [0.29, 0.717) is 0 Å². The minimum atomic E-state index is 0.964. The van der Waals surface area contributed by atoms with E-state index in [4.69, 9.17) is 4.98 Å². The molecule has 3 heteroatoms. The predicted octanol–water partition coefficient (Wildman–Crippen LogP) is 5.12. The number of rotatable bonds is 5. The first-order valence-corrected chi connectivity index (χ1v) is 8.04. The Morgan fingerprint density at radius 3 is 2.70 bits per heavy atom. The van der Waals surface area contributed by atoms with Crippen LogP contribution in [0.1, 0.15) is 19.8 Å². The summed E-state index contributed by atoms with van der Waals surface area (Å²) in [6, 6.07) is 16.7. The average molecular weight is 282 g/mol. The lowest BCUT2D eigenvalue weighted by atomic mass is 10.2. The first-order valence-electron chi connectivity index (χ1n) is 7.05. The van der Waals surface area contributed by atoms with Crippen LogP contribution in [0.4, 0.5) is 0 Å². The number of nitrogens with zero attached hydrogens (tertiary/aromatic N) is 1. The third kappa shape index (κ3) is 2.73. The lowest BCUT2D eigenvalue weighted by Crippen LogP contribution is -1.86. The van der Waals surface area contributed by atoms with E-state index >= 15 is 0 Å². The molecule has 20 heavy (non-hydrogen) atoms. The number of para-hydroxylation sites is 2. The summed E-state index contributed by atoms with van der Waals surface area (Å²) in [6.45, 7) is 2.23. The zero-order valence-electron chi connectivity index (χ0n) is 11.6. The van der Waals surface area contributed by atoms with Crippen molar-refractivity contribution in [3.05, 3.63) is 48.5 Å². The van der Waals surface area contributed by atoms with E-state index < -0.39 is 0 Å². The molecule has 0 saturated carbocycles. The Kier molecular flexibility index (Phi) is 4.07. The highest BCUT2D eigenvalue weighted by Gasteiger charge is 2.09. The van der Waals surface area contributed by atoms with Gasteiger partial charge in [-0.05, 0) is 30.4 Å². The Morgan fingerprint density at radius 2 is 1.85 bits per heavy atom. The predicted molar refractivity (Wildman–Crippen MR) is 87.2 cm³/mol. The third-order valence-electron chi connectivity index (χ3n) is 3.29. The van der Waals surface area contributed by atoms with Crippen molar-refractivity contribution >= 4 is 22.8 Å². The van der Waals surface area contributed by atoms with Crippen molar-refractivity contribution in [1.82, 2.24) is 9.97 Å². The van der Waals surface area contributed by atoms with Gasteiger partial charge in [0.25, 0.3) is 0 Å². The number of hydrogen-bond acceptors (Lipinski definition) is 2. The summed E-state index contributed by atoms with van der Waals surface area (Å²) < 4.78 is 0. The fraction of sp³-hybridized carbons (Fsp3) is 0.235. The molecule has 0 aliphatic heterocycles. The molecule has 1 heterocycles. The Hall–Kier alpha value is -1.74. The van der Waals surface area contributed by atoms with Gasteiger partial charge in [0.15, 0.2) is 0 Å². The standard InChI is InChI=1S/C17H18N2S/c1-2-3-12-20-16-11-7-4-8-13(16)17-18-14-9-5-6-10-15(14)19-17/h4-11H,2-3,12H2,1H3,(H,18,19). The number of nitrogens with one attached hydrogen (secondary N) is 1. The second kappa shape index (κ2) is 6.14. The average Bonchev–Trinajstić information content (AvgIpc) is 2.92. The van der Waals surface area contributed by atoms with Gasteiger partial charge in [0, 0.05) is 10.5 Å². The first-order chi connectivity index (χ1) is 9.88. The van der Waals surface area contributed by atoms with E-state index in [1.807, 2.05) is 30.0 Å². The van der Waals surface area contributed by atoms with Crippen LogP contribution in [-0.4, -0.2) is 15.7 Å². The van der Waals surface area contributed by atoms with Crippen LogP contribution in [0, 0.1) is 0 Å². The minimum Gasteiger partial charge on any atom is -0.338 e. The van der Waals surface area contributed by atoms with Crippen molar-refractivity contribution in [3.63, 3.8) is 0 Å². The van der Waals surface area contributed by atoms with E-state index in [1.54, 1.807) is 0 Å². The topological polar surface area (TPSA) is 28.7 Å². The minimum absolute atomic E-state index is 0.964. The Labute approximate surface area is 123 Å². The van der Waals surface area contributed by atoms with Crippen molar-refractivity contribution in [2.24, 2.45) is 0 Å². The van der Waals surface area contributed by atoms with Gasteiger partial charge in [-0.15, -0.1) is 11.8 Å². The molecule has 3 aromatic rings. The molecule has 2 aromatic carbocycles. The van der Waals surface area contributed by atoms with E-state index in [0.717, 1.165) is 22.6 Å². The molecule has 2 nitrogen and oxygen atoms in total. The maximum Gasteiger partial charge on any atom is 0.139 e. The van der Waals surface area contributed by atoms with Crippen LogP contribution < -0.4 is 0 Å². The molecule has 0 aliphatic carbocycles. The van der Waals surface area contributed by atoms with Crippen molar-refractivity contribution in [2.75, 3.05) is 5.75 Å². The van der Waals surface area contributed by atoms with Crippen molar-refractivity contribution in [1.29, 1.82) is 0 Å². The van der Waals surface area contributed by atoms with Gasteiger partial charge in [0.2, 0.25) is 0 Å². The highest BCUT2D eigenvalue weighted by Crippen LogP contribution is 2.31. The maximum absolute atomic E-state index is 4.70. The molecule has 102 valence electrons. The van der Waals surface area contributed by atoms with E-state index in [9.17, 15) is 0 Å². The molecule has 1 N–H and O–H groups in total. The Morgan fingerprint density at radius 1 is 1.05 bits per heavy atom. The second-order valence-electron chi connectivity index (χ2n) is 4.80. The summed E-state index contributed by atoms with van der Waals surface area (Å²) in [6.07, 6.45) is 2.49. The highest BCUT2D eigenvalue weighted by molar-refractivity contribution is 7.99. The van der Waals surface area contributed by atoms with Crippen LogP contribution in [0.15, 0.2) is 53.4 Å². The van der Waals surface area contributed by atoms with Crippen LogP contribution in [0.2, 0.25) is 0 Å². The van der Waals surface area contributed by atoms with Gasteiger partial charge in [-0.3, -0.25) is 0 Å². The third-order valence-corrected chi connectivity index (χ3v) is 4.45. The van der Waals surface area contributed by atoms with Crippen LogP contribution in [0.3, 0.4) is 0 Å². The normalized spacial score (nSPS) is 11.1. The number of unbranched alkanes of at least 4 members (excludes halogenated alkanes) is 1. The van der Waals surface area contributed by atoms with Gasteiger partial charge in [-0.2, -0.15) is 0 Å². The molecule has 0 atom stereocenters. The molecule has 0 fully saturated rings. The number of aromatic amines is 1. The second-order valence-corrected chi connectivity index (χ2v) is 5.94. The summed E-state index contributed by atoms with van der Waals surface area (Å²) >= 11 is 1.92. The fourth-order valence-electron chi connectivity index (χ4n) is 2.19. The molecule has 1 aromatic heterocycles. The molecule has 0 saturated heterocycles. The number of benzene rings is 2. The van der Waals surface area contributed by atoms with Gasteiger partial charge < -0.3 is 4.98 Å². The van der Waals surface area contributed by atoms with Crippen molar-refractivity contribution in [2.45, 2.75) is 24.7 Å². The molecule has 3 rings (SSSR count). The lowest BCUT2D eigenvalue weighted by Gasteiger charge is -2.06. The molecular weight excluding hydrogens is 264 g/mol. The van der Waals surface area contributed by atoms with E-state index in [-0.39, 0.29) is 0 Å². The Balaban J connectivity index is 1.96. The summed E-state index contributed by atoms with van der Waals surface area (Å²) in [5, 5.41) is 0. The quantitative estimate of drug-likeness (QED) is 0.519. The molecule has 0 radical (unpaired) electrons. The van der Waals surface area contributed by atoms with Gasteiger partial charge in [-0.25, -0.2) is 4.98 Å². The zero-order valence-corrected chi connectivity index (χ0v) is 12.4. The number of hydrogen-bond donors (Lipinski definition) is 1. The van der Waals surface area contributed by atoms with Gasteiger partial charge in [0.05, 0.1) is 11.0 Å². The molecule has 0 bridgehead atoms. The van der Waals surface area contributed by atoms with Crippen LogP contribution in [0.5, 0.6) is 0 Å². The van der Waals surface area contributed by atoms with Crippen LogP contribution >= 0.6 is 11.8 Å². The number of imidazole rings is 1. The smallest absolute Gasteiger partial charge is 0.139 e. The molecule has 0 spiro atoms. The maximum atomic E-state index is 4.70. The molecule has 0 amide bonds. The van der Waals surface area contributed by atoms with E-state index in [2.05, 4.69) is 42.2 Å². The van der Waals surface area contributed by atoms with Crippen molar-refractivity contribution in [3.8, 4) is 11.4 Å². The molecule has 0 aliphatic rings. The number of H-pyrrole nitrogens is 1. The summed E-state index contributed by atoms with van der Waals surface area (Å²) in [5.74, 6) is 2.12. The van der Waals surface area contributed by atoms with Crippen LogP contribution in [-0.2, 0) is 0 Å². The summed E-state index contributed by atoms with van der Waals surface area (Å²) in [4.78, 5) is 9.43. The fourth-order valence-corrected chi connectivity index (χ4v) is 3.34. The molecular formula is C17H18N2S. The summed E-state index contributed by atoms with van der Waals surface area (Å²) in [7, 11) is 0. The van der Waals surface area contributed by atoms with Crippen LogP contribution in [0.25, 0.3) is 22.4 Å². The SMILES string of the molecule is CCCCSc1ccccc1-c1nc2ccccc2[nH]1. The largest absolute Gasteiger partial charge is 0.338 e. The van der Waals surface area contributed by atoms with E-state index in [1.165, 1.54) is 23.3 Å². The highest BCUT2D eigenvalue weighted by atomic mass is 32.2. The number of thioether (sulfide) groups is 1. The number of aromatic nitrogens is 2. The van der Waals surface area contributed by atoms with Crippen molar-refractivity contribution < 1.29 is 0 Å². The lowest BCUT2D eigenvalue weighted by molar-refractivity contribution is 0.896. The first kappa shape index (κ1) is 13.3. The monoisotopic (exact) mass is 282 g/mol. The number of fused-ring (bicyclic) bond motifs is 1. The van der Waals surface area contributed by atoms with Gasteiger partial charge >= 0.3 is 0 Å². The van der Waals surface area contributed by atoms with Gasteiger partial charge in [-0.1, -0.05) is 43.7 Å². The molecule has 0 unspecified atom stereocenters. The van der Waals surface area contributed by atoms with Gasteiger partial charge in [0.1, 0.15) is 5.82 Å².